The predicted molar refractivity (Wildman–Crippen MR) is 42.6 cm³/mol. The van der Waals surface area contributed by atoms with E-state index >= 15 is 0 Å². The van der Waals surface area contributed by atoms with Gasteiger partial charge in [-0.1, -0.05) is 26.7 Å². The monoisotopic (exact) mass is 218 g/mol. The molecule has 0 aliphatic rings. The first-order valence-corrected chi connectivity index (χ1v) is 3.41. The molecule has 0 aromatic heterocycles. The zero-order valence-corrected chi connectivity index (χ0v) is 10.4. The van der Waals surface area contributed by atoms with E-state index in [0.29, 0.717) is 5.92 Å². The maximum absolute atomic E-state index is 3.82. The average molecular weight is 218 g/mol. The van der Waals surface area contributed by atoms with Crippen molar-refractivity contribution in [3.63, 3.8) is 0 Å². The van der Waals surface area contributed by atoms with Gasteiger partial charge in [-0.05, 0) is 0 Å². The maximum atomic E-state index is 3.82. The first-order valence-electron chi connectivity index (χ1n) is 2.84. The van der Waals surface area contributed by atoms with E-state index in [9.17, 15) is 0 Å². The summed E-state index contributed by atoms with van der Waals surface area (Å²) >= 11 is 0. The Morgan fingerprint density at radius 1 is 1.44 bits per heavy atom. The summed E-state index contributed by atoms with van der Waals surface area (Å²) in [6.07, 6.45) is 0. The standard InChI is InChI=1S/C7H14P.Y/c1-5(2)7(8)6(3)4;/h6H,1,8H2,2-4H3;/q-1;/b7-5+;. The summed E-state index contributed by atoms with van der Waals surface area (Å²) in [7, 11) is 2.71. The summed E-state index contributed by atoms with van der Waals surface area (Å²) < 4.78 is 0. The second-order valence-electron chi connectivity index (χ2n) is 2.39. The van der Waals surface area contributed by atoms with Gasteiger partial charge < -0.3 is 0 Å². The fourth-order valence-corrected chi connectivity index (χ4v) is 0.493. The van der Waals surface area contributed by atoms with Crippen molar-refractivity contribution in [1.29, 1.82) is 0 Å². The summed E-state index contributed by atoms with van der Waals surface area (Å²) in [5, 5.41) is 1.32. The van der Waals surface area contributed by atoms with Gasteiger partial charge in [-0.15, -0.1) is 0 Å². The predicted octanol–water partition coefficient (Wildman–Crippen LogP) is 2.62. The quantitative estimate of drug-likeness (QED) is 0.468. The molecule has 1 radical (unpaired) electrons. The van der Waals surface area contributed by atoms with E-state index in [1.807, 2.05) is 6.92 Å². The first-order chi connectivity index (χ1) is 3.55. The van der Waals surface area contributed by atoms with Crippen LogP contribution in [0.3, 0.4) is 0 Å². The molecule has 0 aliphatic heterocycles. The minimum atomic E-state index is 0. The van der Waals surface area contributed by atoms with Gasteiger partial charge in [0.05, 0.1) is 0 Å². The van der Waals surface area contributed by atoms with Crippen molar-refractivity contribution in [1.82, 2.24) is 0 Å². The van der Waals surface area contributed by atoms with E-state index in [2.05, 4.69) is 30.0 Å². The Morgan fingerprint density at radius 3 is 1.78 bits per heavy atom. The third kappa shape index (κ3) is 5.58. The van der Waals surface area contributed by atoms with Crippen LogP contribution in [0.4, 0.5) is 0 Å². The Kier molecular flexibility index (Phi) is 8.37. The molecule has 0 fully saturated rings. The van der Waals surface area contributed by atoms with Gasteiger partial charge in [0.2, 0.25) is 0 Å². The molecule has 0 rings (SSSR count). The Hall–Kier alpha value is 1.14. The summed E-state index contributed by atoms with van der Waals surface area (Å²) in [5.41, 5.74) is 1.17. The van der Waals surface area contributed by atoms with Gasteiger partial charge in [-0.25, -0.2) is 12.5 Å². The van der Waals surface area contributed by atoms with Crippen LogP contribution in [0.5, 0.6) is 0 Å². The van der Waals surface area contributed by atoms with Crippen molar-refractivity contribution in [2.45, 2.75) is 20.8 Å². The molecule has 0 heterocycles. The molecule has 9 heavy (non-hydrogen) atoms. The minimum absolute atomic E-state index is 0. The van der Waals surface area contributed by atoms with E-state index in [4.69, 9.17) is 0 Å². The molecule has 0 saturated carbocycles. The van der Waals surface area contributed by atoms with E-state index in [0.717, 1.165) is 0 Å². The van der Waals surface area contributed by atoms with Gasteiger partial charge in [-0.3, -0.25) is 0 Å². The van der Waals surface area contributed by atoms with Crippen LogP contribution in [0.2, 0.25) is 0 Å². The fourth-order valence-electron chi connectivity index (χ4n) is 0.493. The van der Waals surface area contributed by atoms with Gasteiger partial charge in [0.1, 0.15) is 0 Å². The number of allylic oxidation sites excluding steroid dienone is 2. The van der Waals surface area contributed by atoms with Crippen LogP contribution < -0.4 is 0 Å². The summed E-state index contributed by atoms with van der Waals surface area (Å²) in [4.78, 5) is 0. The van der Waals surface area contributed by atoms with Gasteiger partial charge >= 0.3 is 0 Å². The van der Waals surface area contributed by atoms with Crippen LogP contribution >= 0.6 is 9.24 Å². The van der Waals surface area contributed by atoms with Gasteiger partial charge in [0.25, 0.3) is 0 Å². The molecule has 0 amide bonds. The van der Waals surface area contributed by atoms with Crippen LogP contribution in [0.15, 0.2) is 10.9 Å². The molecule has 0 saturated heterocycles. The van der Waals surface area contributed by atoms with Crippen LogP contribution in [-0.4, -0.2) is 0 Å². The third-order valence-corrected chi connectivity index (χ3v) is 2.27. The molecular weight excluding hydrogens is 204 g/mol. The van der Waals surface area contributed by atoms with E-state index in [-0.39, 0.29) is 32.7 Å². The molecule has 0 nitrogen and oxygen atoms in total. The van der Waals surface area contributed by atoms with Crippen molar-refractivity contribution in [3.05, 3.63) is 17.8 Å². The summed E-state index contributed by atoms with van der Waals surface area (Å²) in [6, 6.07) is 0. The Labute approximate surface area is 86.0 Å². The van der Waals surface area contributed by atoms with Crippen molar-refractivity contribution >= 4 is 9.24 Å². The molecule has 0 aromatic rings. The van der Waals surface area contributed by atoms with Crippen LogP contribution in [0.1, 0.15) is 20.8 Å². The van der Waals surface area contributed by atoms with Crippen molar-refractivity contribution in [2.75, 3.05) is 0 Å². The first kappa shape index (κ1) is 12.8. The van der Waals surface area contributed by atoms with Crippen molar-refractivity contribution < 1.29 is 32.7 Å². The van der Waals surface area contributed by atoms with Crippen molar-refractivity contribution in [3.8, 4) is 0 Å². The Bertz CT molecular complexity index is 101. The molecule has 0 spiro atoms. The zero-order valence-electron chi connectivity index (χ0n) is 6.44. The molecular formula is C7H14PY-. The summed E-state index contributed by atoms with van der Waals surface area (Å²) in [5.74, 6) is 0.623. The second-order valence-corrected chi connectivity index (χ2v) is 3.01. The molecule has 0 aromatic carbocycles. The van der Waals surface area contributed by atoms with Gasteiger partial charge in [0.15, 0.2) is 0 Å². The Balaban J connectivity index is 0. The van der Waals surface area contributed by atoms with E-state index < -0.39 is 0 Å². The largest absolute Gasteiger partial charge is 0.242 e. The molecule has 0 aliphatic carbocycles. The maximum Gasteiger partial charge on any atom is 0 e. The van der Waals surface area contributed by atoms with E-state index in [1.54, 1.807) is 0 Å². The molecule has 1 unspecified atom stereocenters. The van der Waals surface area contributed by atoms with Crippen LogP contribution in [0.25, 0.3) is 0 Å². The summed E-state index contributed by atoms with van der Waals surface area (Å²) in [6.45, 7) is 10.2. The minimum Gasteiger partial charge on any atom is -0.242 e. The molecule has 51 valence electrons. The SMILES string of the molecule is [CH2-]/C(C)=C(\P)C(C)C.[Y]. The van der Waals surface area contributed by atoms with Gasteiger partial charge in [-0.2, -0.15) is 14.6 Å². The smallest absolute Gasteiger partial charge is 0 e. The second kappa shape index (κ2) is 5.89. The molecule has 2 heteroatoms. The zero-order chi connectivity index (χ0) is 6.73. The Morgan fingerprint density at radius 2 is 1.78 bits per heavy atom. The molecule has 0 bridgehead atoms. The average Bonchev–Trinajstić information content (AvgIpc) is 1.64. The van der Waals surface area contributed by atoms with Crippen LogP contribution in [-0.2, 0) is 32.7 Å². The van der Waals surface area contributed by atoms with Gasteiger partial charge in [0, 0.05) is 32.7 Å². The number of rotatable bonds is 1. The number of hydrogen-bond donors (Lipinski definition) is 0. The third-order valence-electron chi connectivity index (χ3n) is 1.11. The van der Waals surface area contributed by atoms with Crippen molar-refractivity contribution in [2.24, 2.45) is 5.92 Å². The normalized spacial score (nSPS) is 12.6. The van der Waals surface area contributed by atoms with E-state index in [1.165, 1.54) is 10.9 Å². The fraction of sp³-hybridized carbons (Fsp3) is 0.571. The topological polar surface area (TPSA) is 0 Å². The van der Waals surface area contributed by atoms with Crippen LogP contribution in [0, 0.1) is 12.8 Å². The molecule has 0 N–H and O–H groups in total. The number of hydrogen-bond acceptors (Lipinski definition) is 0. The molecule has 1 atom stereocenters.